The fourth-order valence-electron chi connectivity index (χ4n) is 2.66. The highest BCUT2D eigenvalue weighted by Crippen LogP contribution is 2.22. The summed E-state index contributed by atoms with van der Waals surface area (Å²) in [5, 5.41) is 38.4. The number of rotatable bonds is 11. The lowest BCUT2D eigenvalue weighted by Gasteiger charge is -2.39. The molecule has 28 heavy (non-hydrogen) atoms. The monoisotopic (exact) mass is 401 g/mol. The summed E-state index contributed by atoms with van der Waals surface area (Å²) in [6.45, 7) is -0.317. The standard InChI is InChI=1S/C18H27NO9/c20-10-13-15(22)17(16(23)18(24)28-13)27-11-14(21)26-9-3-1-2-8-25-12-4-6-19-7-5-12/h4-7,13,15-18,20,22-24H,1-3,8-11H2/t13-,15-,16-,17+,18?/m1/s1. The van der Waals surface area contributed by atoms with Crippen molar-refractivity contribution in [2.24, 2.45) is 0 Å². The minimum absolute atomic E-state index is 0.207. The third-order valence-electron chi connectivity index (χ3n) is 4.20. The van der Waals surface area contributed by atoms with Crippen molar-refractivity contribution in [1.29, 1.82) is 0 Å². The van der Waals surface area contributed by atoms with E-state index in [-0.39, 0.29) is 6.61 Å². The Morgan fingerprint density at radius 1 is 1.07 bits per heavy atom. The molecule has 0 amide bonds. The van der Waals surface area contributed by atoms with Crippen molar-refractivity contribution in [3.63, 3.8) is 0 Å². The highest BCUT2D eigenvalue weighted by atomic mass is 16.6. The van der Waals surface area contributed by atoms with Gasteiger partial charge < -0.3 is 39.4 Å². The first kappa shape index (κ1) is 22.5. The average Bonchev–Trinajstić information content (AvgIpc) is 2.70. The largest absolute Gasteiger partial charge is 0.493 e. The van der Waals surface area contributed by atoms with E-state index in [1.165, 1.54) is 0 Å². The van der Waals surface area contributed by atoms with Crippen molar-refractivity contribution in [2.75, 3.05) is 26.4 Å². The summed E-state index contributed by atoms with van der Waals surface area (Å²) in [6, 6.07) is 3.55. The molecule has 10 nitrogen and oxygen atoms in total. The molecule has 1 saturated heterocycles. The van der Waals surface area contributed by atoms with Gasteiger partial charge in [-0.15, -0.1) is 0 Å². The van der Waals surface area contributed by atoms with Crippen LogP contribution in [0.3, 0.4) is 0 Å². The van der Waals surface area contributed by atoms with Gasteiger partial charge in [-0.25, -0.2) is 4.79 Å². The quantitative estimate of drug-likeness (QED) is 0.268. The number of carbonyl (C=O) groups excluding carboxylic acids is 1. The zero-order valence-corrected chi connectivity index (χ0v) is 15.4. The smallest absolute Gasteiger partial charge is 0.332 e. The molecule has 0 radical (unpaired) electrons. The molecule has 1 aromatic heterocycles. The van der Waals surface area contributed by atoms with Crippen LogP contribution in [0.5, 0.6) is 5.75 Å². The van der Waals surface area contributed by atoms with Crippen molar-refractivity contribution in [3.05, 3.63) is 24.5 Å². The Balaban J connectivity index is 1.55. The molecule has 2 rings (SSSR count). The zero-order chi connectivity index (χ0) is 20.4. The Morgan fingerprint density at radius 3 is 2.50 bits per heavy atom. The number of nitrogens with zero attached hydrogens (tertiary/aromatic N) is 1. The molecule has 0 spiro atoms. The fraction of sp³-hybridized carbons (Fsp3) is 0.667. The Bertz CT molecular complexity index is 573. The Labute approximate surface area is 162 Å². The van der Waals surface area contributed by atoms with E-state index < -0.39 is 49.9 Å². The number of hydrogen-bond acceptors (Lipinski definition) is 10. The van der Waals surface area contributed by atoms with E-state index in [4.69, 9.17) is 24.1 Å². The van der Waals surface area contributed by atoms with E-state index in [2.05, 4.69) is 4.98 Å². The number of aromatic nitrogens is 1. The second-order valence-corrected chi connectivity index (χ2v) is 6.32. The SMILES string of the molecule is O=C(CO[C@H]1[C@H](O)[C@@H](CO)OC(O)[C@@H]1O)OCCCCCOc1ccncc1. The second-order valence-electron chi connectivity index (χ2n) is 6.32. The van der Waals surface area contributed by atoms with Gasteiger partial charge in [-0.1, -0.05) is 0 Å². The number of hydrogen-bond donors (Lipinski definition) is 4. The summed E-state index contributed by atoms with van der Waals surface area (Å²) in [7, 11) is 0. The molecule has 0 bridgehead atoms. The first-order valence-electron chi connectivity index (χ1n) is 9.13. The maximum Gasteiger partial charge on any atom is 0.332 e. The van der Waals surface area contributed by atoms with Crippen LogP contribution < -0.4 is 4.74 Å². The topological polar surface area (TPSA) is 148 Å². The number of unbranched alkanes of at least 4 members (excludes halogenated alkanes) is 2. The molecule has 0 aromatic carbocycles. The highest BCUT2D eigenvalue weighted by Gasteiger charge is 2.44. The Hall–Kier alpha value is -1.82. The molecule has 1 unspecified atom stereocenters. The second kappa shape index (κ2) is 11.9. The number of aliphatic hydroxyl groups is 4. The number of aliphatic hydroxyl groups excluding tert-OH is 4. The molecule has 1 aliphatic heterocycles. The van der Waals surface area contributed by atoms with Crippen LogP contribution in [0.1, 0.15) is 19.3 Å². The molecule has 4 N–H and O–H groups in total. The molecule has 1 aliphatic rings. The molecule has 1 fully saturated rings. The molecule has 10 heteroatoms. The minimum atomic E-state index is -1.63. The molecule has 0 aliphatic carbocycles. The van der Waals surface area contributed by atoms with E-state index in [9.17, 15) is 20.1 Å². The Morgan fingerprint density at radius 2 is 1.79 bits per heavy atom. The number of esters is 1. The maximum atomic E-state index is 11.7. The third kappa shape index (κ3) is 6.97. The van der Waals surface area contributed by atoms with Crippen LogP contribution in [-0.2, 0) is 19.0 Å². The summed E-state index contributed by atoms with van der Waals surface area (Å²) in [5.41, 5.74) is 0. The van der Waals surface area contributed by atoms with Crippen LogP contribution in [0, 0.1) is 0 Å². The van der Waals surface area contributed by atoms with Crippen LogP contribution >= 0.6 is 0 Å². The summed E-state index contributed by atoms with van der Waals surface area (Å²) >= 11 is 0. The highest BCUT2D eigenvalue weighted by molar-refractivity contribution is 5.70. The summed E-state index contributed by atoms with van der Waals surface area (Å²) < 4.78 is 20.6. The van der Waals surface area contributed by atoms with Crippen LogP contribution in [0.4, 0.5) is 0 Å². The van der Waals surface area contributed by atoms with E-state index in [1.54, 1.807) is 24.5 Å². The van der Waals surface area contributed by atoms with Crippen LogP contribution in [0.2, 0.25) is 0 Å². The fourth-order valence-corrected chi connectivity index (χ4v) is 2.66. The van der Waals surface area contributed by atoms with Gasteiger partial charge in [0.15, 0.2) is 6.29 Å². The van der Waals surface area contributed by atoms with Crippen molar-refractivity contribution in [1.82, 2.24) is 4.98 Å². The van der Waals surface area contributed by atoms with Crippen molar-refractivity contribution in [2.45, 2.75) is 50.0 Å². The van der Waals surface area contributed by atoms with Crippen LogP contribution in [0.25, 0.3) is 0 Å². The minimum Gasteiger partial charge on any atom is -0.493 e. The summed E-state index contributed by atoms with van der Waals surface area (Å²) in [4.78, 5) is 15.6. The van der Waals surface area contributed by atoms with Gasteiger partial charge in [-0.3, -0.25) is 4.98 Å². The van der Waals surface area contributed by atoms with Crippen molar-refractivity contribution >= 4 is 5.97 Å². The van der Waals surface area contributed by atoms with E-state index in [0.717, 1.165) is 18.6 Å². The third-order valence-corrected chi connectivity index (χ3v) is 4.20. The lowest BCUT2D eigenvalue weighted by atomic mass is 9.99. The summed E-state index contributed by atoms with van der Waals surface area (Å²) in [6.07, 6.45) is -1.40. The average molecular weight is 401 g/mol. The predicted molar refractivity (Wildman–Crippen MR) is 94.3 cm³/mol. The van der Waals surface area contributed by atoms with Gasteiger partial charge in [0.1, 0.15) is 36.8 Å². The van der Waals surface area contributed by atoms with Crippen molar-refractivity contribution in [3.8, 4) is 5.75 Å². The Kier molecular flexibility index (Phi) is 9.55. The number of ether oxygens (including phenoxy) is 4. The van der Waals surface area contributed by atoms with E-state index in [1.807, 2.05) is 0 Å². The predicted octanol–water partition coefficient (Wildman–Crippen LogP) is -1.01. The summed E-state index contributed by atoms with van der Waals surface area (Å²) in [5.74, 6) is 0.0959. The molecule has 0 saturated carbocycles. The molecule has 5 atom stereocenters. The van der Waals surface area contributed by atoms with Crippen LogP contribution in [-0.4, -0.2) is 88.5 Å². The van der Waals surface area contributed by atoms with Gasteiger partial charge in [-0.05, 0) is 31.4 Å². The molecular formula is C18H27NO9. The first-order valence-corrected chi connectivity index (χ1v) is 9.13. The van der Waals surface area contributed by atoms with E-state index in [0.29, 0.717) is 13.0 Å². The van der Waals surface area contributed by atoms with Gasteiger partial charge in [0.25, 0.3) is 0 Å². The van der Waals surface area contributed by atoms with Gasteiger partial charge in [0, 0.05) is 12.4 Å². The zero-order valence-electron chi connectivity index (χ0n) is 15.4. The lowest BCUT2D eigenvalue weighted by molar-refractivity contribution is -0.294. The van der Waals surface area contributed by atoms with Gasteiger partial charge in [0.2, 0.25) is 0 Å². The lowest BCUT2D eigenvalue weighted by Crippen LogP contribution is -2.59. The molecule has 2 heterocycles. The van der Waals surface area contributed by atoms with Gasteiger partial charge in [-0.2, -0.15) is 0 Å². The van der Waals surface area contributed by atoms with E-state index >= 15 is 0 Å². The first-order chi connectivity index (χ1) is 13.5. The number of carbonyl (C=O) groups is 1. The van der Waals surface area contributed by atoms with Crippen LogP contribution in [0.15, 0.2) is 24.5 Å². The molecule has 158 valence electrons. The van der Waals surface area contributed by atoms with Gasteiger partial charge in [0.05, 0.1) is 19.8 Å². The number of pyridine rings is 1. The maximum absolute atomic E-state index is 11.7. The molecule has 1 aromatic rings. The van der Waals surface area contributed by atoms with Gasteiger partial charge >= 0.3 is 5.97 Å². The van der Waals surface area contributed by atoms with Crippen molar-refractivity contribution < 1.29 is 44.2 Å². The normalized spacial score (nSPS) is 27.4. The molecular weight excluding hydrogens is 374 g/mol.